The van der Waals surface area contributed by atoms with Crippen molar-refractivity contribution < 1.29 is 13.9 Å². The van der Waals surface area contributed by atoms with E-state index in [-0.39, 0.29) is 18.4 Å². The molecule has 1 amide bonds. The summed E-state index contributed by atoms with van der Waals surface area (Å²) >= 11 is 0. The molecule has 0 fully saturated rings. The van der Waals surface area contributed by atoms with Crippen LogP contribution in [0, 0.1) is 11.3 Å². The Hall–Kier alpha value is -3.26. The van der Waals surface area contributed by atoms with E-state index in [4.69, 9.17) is 14.4 Å². The Morgan fingerprint density at radius 1 is 1.22 bits per heavy atom. The van der Waals surface area contributed by atoms with E-state index in [1.54, 1.807) is 25.5 Å². The van der Waals surface area contributed by atoms with E-state index in [0.29, 0.717) is 17.7 Å². The minimum atomic E-state index is 0.0351. The van der Waals surface area contributed by atoms with Crippen LogP contribution in [0.15, 0.2) is 53.1 Å². The fourth-order valence-corrected chi connectivity index (χ4v) is 3.03. The Bertz CT molecular complexity index is 981. The molecule has 0 bridgehead atoms. The lowest BCUT2D eigenvalue weighted by Crippen LogP contribution is -2.37. The number of fused-ring (bicyclic) bond motifs is 1. The van der Waals surface area contributed by atoms with Crippen LogP contribution in [-0.4, -0.2) is 24.0 Å². The second-order valence-electron chi connectivity index (χ2n) is 6.72. The van der Waals surface area contributed by atoms with Gasteiger partial charge >= 0.3 is 0 Å². The molecule has 0 saturated carbocycles. The molecule has 0 atom stereocenters. The van der Waals surface area contributed by atoms with Crippen LogP contribution < -0.4 is 4.74 Å². The van der Waals surface area contributed by atoms with Gasteiger partial charge in [0.25, 0.3) is 0 Å². The Kier molecular flexibility index (Phi) is 5.46. The van der Waals surface area contributed by atoms with Crippen LogP contribution in [-0.2, 0) is 17.8 Å². The molecule has 138 valence electrons. The quantitative estimate of drug-likeness (QED) is 0.656. The average Bonchev–Trinajstić information content (AvgIpc) is 3.08. The summed E-state index contributed by atoms with van der Waals surface area (Å²) in [6, 6.07) is 15.1. The summed E-state index contributed by atoms with van der Waals surface area (Å²) in [6.45, 7) is 4.51. The number of nitriles is 1. The summed E-state index contributed by atoms with van der Waals surface area (Å²) in [7, 11) is 1.61. The number of amides is 1. The van der Waals surface area contributed by atoms with Crippen LogP contribution in [0.3, 0.4) is 0 Å². The smallest absolute Gasteiger partial charge is 0.227 e. The third-order valence-corrected chi connectivity index (χ3v) is 4.58. The third kappa shape index (κ3) is 4.12. The fourth-order valence-electron chi connectivity index (χ4n) is 3.03. The van der Waals surface area contributed by atoms with E-state index in [1.807, 2.05) is 49.1 Å². The van der Waals surface area contributed by atoms with Crippen molar-refractivity contribution in [3.05, 3.63) is 65.4 Å². The molecule has 0 N–H and O–H groups in total. The molecule has 5 heteroatoms. The number of carbonyl (C=O) groups excluding carboxylic acids is 1. The lowest BCUT2D eigenvalue weighted by Gasteiger charge is -2.27. The van der Waals surface area contributed by atoms with Gasteiger partial charge in [-0.1, -0.05) is 12.1 Å². The van der Waals surface area contributed by atoms with Gasteiger partial charge in [-0.3, -0.25) is 4.79 Å². The molecule has 1 heterocycles. The molecule has 0 aliphatic carbocycles. The van der Waals surface area contributed by atoms with Gasteiger partial charge in [-0.25, -0.2) is 0 Å². The van der Waals surface area contributed by atoms with Gasteiger partial charge in [0.2, 0.25) is 5.91 Å². The lowest BCUT2D eigenvalue weighted by atomic mass is 10.1. The highest BCUT2D eigenvalue weighted by molar-refractivity contribution is 5.88. The highest BCUT2D eigenvalue weighted by Gasteiger charge is 2.20. The molecule has 0 aliphatic heterocycles. The number of carbonyl (C=O) groups is 1. The van der Waals surface area contributed by atoms with Gasteiger partial charge in [-0.2, -0.15) is 5.26 Å². The van der Waals surface area contributed by atoms with Crippen LogP contribution in [0.25, 0.3) is 11.0 Å². The van der Waals surface area contributed by atoms with Crippen molar-refractivity contribution in [3.63, 3.8) is 0 Å². The summed E-state index contributed by atoms with van der Waals surface area (Å²) in [5, 5.41) is 9.84. The minimum absolute atomic E-state index is 0.0351. The van der Waals surface area contributed by atoms with Crippen LogP contribution in [0.2, 0.25) is 0 Å². The molecule has 3 rings (SSSR count). The van der Waals surface area contributed by atoms with E-state index >= 15 is 0 Å². The maximum Gasteiger partial charge on any atom is 0.227 e. The predicted octanol–water partition coefficient (Wildman–Crippen LogP) is 4.29. The monoisotopic (exact) mass is 362 g/mol. The average molecular weight is 362 g/mol. The van der Waals surface area contributed by atoms with Crippen LogP contribution >= 0.6 is 0 Å². The summed E-state index contributed by atoms with van der Waals surface area (Å²) in [4.78, 5) is 14.8. The molecule has 0 unspecified atom stereocenters. The minimum Gasteiger partial charge on any atom is -0.497 e. The SMILES string of the molecule is COc1ccc2c(CC(=O)N(Cc3ccc(C#N)cc3)C(C)C)coc2c1. The maximum absolute atomic E-state index is 13.0. The Morgan fingerprint density at radius 2 is 1.96 bits per heavy atom. The number of methoxy groups -OCH3 is 1. The fraction of sp³-hybridized carbons (Fsp3) is 0.273. The number of ether oxygens (including phenoxy) is 1. The van der Waals surface area contributed by atoms with E-state index in [9.17, 15) is 4.79 Å². The maximum atomic E-state index is 13.0. The van der Waals surface area contributed by atoms with E-state index in [0.717, 1.165) is 22.3 Å². The number of benzene rings is 2. The van der Waals surface area contributed by atoms with Gasteiger partial charge in [0.1, 0.15) is 11.3 Å². The molecular formula is C22H22N2O3. The van der Waals surface area contributed by atoms with Crippen molar-refractivity contribution in [2.24, 2.45) is 0 Å². The van der Waals surface area contributed by atoms with Crippen molar-refractivity contribution in [2.75, 3.05) is 7.11 Å². The molecule has 27 heavy (non-hydrogen) atoms. The molecule has 1 aromatic heterocycles. The molecule has 5 nitrogen and oxygen atoms in total. The number of nitrogens with zero attached hydrogens (tertiary/aromatic N) is 2. The van der Waals surface area contributed by atoms with Gasteiger partial charge in [-0.05, 0) is 43.7 Å². The first-order chi connectivity index (χ1) is 13.0. The first-order valence-corrected chi connectivity index (χ1v) is 8.84. The number of furan rings is 1. The summed E-state index contributed by atoms with van der Waals surface area (Å²) in [5.41, 5.74) is 3.18. The van der Waals surface area contributed by atoms with Crippen molar-refractivity contribution in [3.8, 4) is 11.8 Å². The number of hydrogen-bond acceptors (Lipinski definition) is 4. The van der Waals surface area contributed by atoms with Crippen LogP contribution in [0.4, 0.5) is 0 Å². The summed E-state index contributed by atoms with van der Waals surface area (Å²) < 4.78 is 10.8. The molecule has 0 saturated heterocycles. The highest BCUT2D eigenvalue weighted by Crippen LogP contribution is 2.26. The zero-order chi connectivity index (χ0) is 19.4. The van der Waals surface area contributed by atoms with Crippen molar-refractivity contribution in [1.82, 2.24) is 4.90 Å². The largest absolute Gasteiger partial charge is 0.497 e. The summed E-state index contributed by atoms with van der Waals surface area (Å²) in [5.74, 6) is 0.757. The van der Waals surface area contributed by atoms with Crippen molar-refractivity contribution in [1.29, 1.82) is 5.26 Å². The van der Waals surface area contributed by atoms with Gasteiger partial charge in [0, 0.05) is 29.6 Å². The zero-order valence-corrected chi connectivity index (χ0v) is 15.7. The Morgan fingerprint density at radius 3 is 2.59 bits per heavy atom. The highest BCUT2D eigenvalue weighted by atomic mass is 16.5. The van der Waals surface area contributed by atoms with E-state index < -0.39 is 0 Å². The van der Waals surface area contributed by atoms with Crippen molar-refractivity contribution in [2.45, 2.75) is 32.9 Å². The van der Waals surface area contributed by atoms with E-state index in [1.165, 1.54) is 0 Å². The molecule has 3 aromatic rings. The molecule has 2 aromatic carbocycles. The van der Waals surface area contributed by atoms with Gasteiger partial charge in [0.05, 0.1) is 31.4 Å². The first kappa shape index (κ1) is 18.5. The molecule has 0 aliphatic rings. The second-order valence-corrected chi connectivity index (χ2v) is 6.72. The first-order valence-electron chi connectivity index (χ1n) is 8.84. The molecule has 0 radical (unpaired) electrons. The van der Waals surface area contributed by atoms with Gasteiger partial charge in [0.15, 0.2) is 0 Å². The summed E-state index contributed by atoms with van der Waals surface area (Å²) in [6.07, 6.45) is 1.91. The van der Waals surface area contributed by atoms with Crippen LogP contribution in [0.5, 0.6) is 5.75 Å². The number of hydrogen-bond donors (Lipinski definition) is 0. The van der Waals surface area contributed by atoms with Gasteiger partial charge < -0.3 is 14.1 Å². The normalized spacial score (nSPS) is 10.8. The molecule has 0 spiro atoms. The molecular weight excluding hydrogens is 340 g/mol. The Balaban J connectivity index is 1.78. The van der Waals surface area contributed by atoms with E-state index in [2.05, 4.69) is 6.07 Å². The van der Waals surface area contributed by atoms with Crippen LogP contribution in [0.1, 0.15) is 30.5 Å². The second kappa shape index (κ2) is 7.96. The standard InChI is InChI=1S/C22H22N2O3/c1-15(2)24(13-17-6-4-16(12-23)5-7-17)22(25)10-18-14-27-21-11-19(26-3)8-9-20(18)21/h4-9,11,14-15H,10,13H2,1-3H3. The third-order valence-electron chi connectivity index (χ3n) is 4.58. The Labute approximate surface area is 158 Å². The number of rotatable bonds is 6. The van der Waals surface area contributed by atoms with Gasteiger partial charge in [-0.15, -0.1) is 0 Å². The van der Waals surface area contributed by atoms with Crippen molar-refractivity contribution >= 4 is 16.9 Å². The topological polar surface area (TPSA) is 66.5 Å². The lowest BCUT2D eigenvalue weighted by molar-refractivity contribution is -0.132. The zero-order valence-electron chi connectivity index (χ0n) is 15.7. The predicted molar refractivity (Wildman–Crippen MR) is 103 cm³/mol.